The zero-order valence-corrected chi connectivity index (χ0v) is 11.8. The Bertz CT molecular complexity index is 412. The monoisotopic (exact) mass is 250 g/mol. The highest BCUT2D eigenvalue weighted by atomic mass is 16.5. The summed E-state index contributed by atoms with van der Waals surface area (Å²) in [6.07, 6.45) is 0.964. The molecule has 0 aliphatic rings. The van der Waals surface area contributed by atoms with E-state index >= 15 is 0 Å². The fraction of sp³-hybridized carbons (Fsp3) is 0.533. The van der Waals surface area contributed by atoms with Crippen molar-refractivity contribution in [2.75, 3.05) is 0 Å². The molecular formula is C15H22O3. The Morgan fingerprint density at radius 1 is 1.33 bits per heavy atom. The molecular weight excluding hydrogens is 228 g/mol. The number of rotatable bonds is 5. The Labute approximate surface area is 109 Å². The second-order valence-corrected chi connectivity index (χ2v) is 4.61. The van der Waals surface area contributed by atoms with Gasteiger partial charge in [0.25, 0.3) is 0 Å². The van der Waals surface area contributed by atoms with E-state index in [9.17, 15) is 4.79 Å². The first-order chi connectivity index (χ1) is 8.43. The van der Waals surface area contributed by atoms with E-state index in [0.29, 0.717) is 0 Å². The Hall–Kier alpha value is -1.51. The van der Waals surface area contributed by atoms with Crippen LogP contribution in [0.3, 0.4) is 0 Å². The maximum atomic E-state index is 10.9. The summed E-state index contributed by atoms with van der Waals surface area (Å²) in [5.41, 5.74) is 2.09. The second-order valence-electron chi connectivity index (χ2n) is 4.61. The van der Waals surface area contributed by atoms with Crippen LogP contribution in [0.4, 0.5) is 0 Å². The Morgan fingerprint density at radius 2 is 2.00 bits per heavy atom. The van der Waals surface area contributed by atoms with E-state index in [4.69, 9.17) is 9.47 Å². The molecule has 0 heterocycles. The van der Waals surface area contributed by atoms with E-state index < -0.39 is 0 Å². The maximum Gasteiger partial charge on any atom is 0.303 e. The van der Waals surface area contributed by atoms with Crippen molar-refractivity contribution in [2.24, 2.45) is 0 Å². The van der Waals surface area contributed by atoms with E-state index in [0.717, 1.165) is 23.3 Å². The van der Waals surface area contributed by atoms with E-state index in [1.54, 1.807) is 0 Å². The standard InChI is InChI=1S/C15H22O3/c1-6-11(3)17-14-7-8-15(10(2)9-14)12(4)18-13(5)16/h7-9,11-12H,6H2,1-5H3. The molecule has 0 bridgehead atoms. The van der Waals surface area contributed by atoms with Crippen molar-refractivity contribution in [3.8, 4) is 5.75 Å². The number of hydrogen-bond donors (Lipinski definition) is 0. The second kappa shape index (κ2) is 6.43. The van der Waals surface area contributed by atoms with Gasteiger partial charge in [0, 0.05) is 6.92 Å². The van der Waals surface area contributed by atoms with E-state index in [-0.39, 0.29) is 18.2 Å². The summed E-state index contributed by atoms with van der Waals surface area (Å²) >= 11 is 0. The zero-order chi connectivity index (χ0) is 13.7. The summed E-state index contributed by atoms with van der Waals surface area (Å²) in [6, 6.07) is 5.87. The number of hydrogen-bond acceptors (Lipinski definition) is 3. The average molecular weight is 250 g/mol. The molecule has 2 unspecified atom stereocenters. The van der Waals surface area contributed by atoms with Gasteiger partial charge in [0.2, 0.25) is 0 Å². The fourth-order valence-corrected chi connectivity index (χ4v) is 1.81. The van der Waals surface area contributed by atoms with E-state index in [1.165, 1.54) is 6.92 Å². The first-order valence-electron chi connectivity index (χ1n) is 6.38. The molecule has 0 fully saturated rings. The maximum absolute atomic E-state index is 10.9. The van der Waals surface area contributed by atoms with Crippen LogP contribution in [0.1, 0.15) is 51.3 Å². The highest BCUT2D eigenvalue weighted by Crippen LogP contribution is 2.25. The normalized spacial score (nSPS) is 13.8. The molecule has 1 aromatic carbocycles. The van der Waals surface area contributed by atoms with Crippen LogP contribution >= 0.6 is 0 Å². The number of carbonyl (C=O) groups excluding carboxylic acids is 1. The van der Waals surface area contributed by atoms with Gasteiger partial charge in [-0.25, -0.2) is 0 Å². The minimum Gasteiger partial charge on any atom is -0.491 e. The summed E-state index contributed by atoms with van der Waals surface area (Å²) in [4.78, 5) is 10.9. The van der Waals surface area contributed by atoms with Crippen molar-refractivity contribution in [1.82, 2.24) is 0 Å². The number of benzene rings is 1. The summed E-state index contributed by atoms with van der Waals surface area (Å²) in [6.45, 7) is 9.43. The average Bonchev–Trinajstić information content (AvgIpc) is 2.27. The quantitative estimate of drug-likeness (QED) is 0.746. The Kier molecular flexibility index (Phi) is 5.20. The molecule has 0 radical (unpaired) electrons. The molecule has 0 saturated heterocycles. The van der Waals surface area contributed by atoms with Gasteiger partial charge in [-0.15, -0.1) is 0 Å². The molecule has 1 aromatic rings. The fourth-order valence-electron chi connectivity index (χ4n) is 1.81. The molecule has 2 atom stereocenters. The number of carbonyl (C=O) groups is 1. The molecule has 1 rings (SSSR count). The topological polar surface area (TPSA) is 35.5 Å². The largest absolute Gasteiger partial charge is 0.491 e. The van der Waals surface area contributed by atoms with Crippen LogP contribution in [0.25, 0.3) is 0 Å². The smallest absolute Gasteiger partial charge is 0.303 e. The lowest BCUT2D eigenvalue weighted by molar-refractivity contribution is -0.145. The molecule has 3 heteroatoms. The van der Waals surface area contributed by atoms with Crippen molar-refractivity contribution in [3.63, 3.8) is 0 Å². The molecule has 0 aliphatic heterocycles. The summed E-state index contributed by atoms with van der Waals surface area (Å²) in [5, 5.41) is 0. The van der Waals surface area contributed by atoms with Gasteiger partial charge in [-0.05, 0) is 50.5 Å². The first-order valence-corrected chi connectivity index (χ1v) is 6.38. The molecule has 100 valence electrons. The van der Waals surface area contributed by atoms with Crippen LogP contribution in [0.5, 0.6) is 5.75 Å². The van der Waals surface area contributed by atoms with Gasteiger partial charge < -0.3 is 9.47 Å². The molecule has 0 amide bonds. The number of aryl methyl sites for hydroxylation is 1. The van der Waals surface area contributed by atoms with Gasteiger partial charge in [0.15, 0.2) is 0 Å². The zero-order valence-electron chi connectivity index (χ0n) is 11.8. The highest BCUT2D eigenvalue weighted by Gasteiger charge is 2.12. The third kappa shape index (κ3) is 4.06. The van der Waals surface area contributed by atoms with Gasteiger partial charge in [0.1, 0.15) is 11.9 Å². The van der Waals surface area contributed by atoms with Crippen LogP contribution in [-0.4, -0.2) is 12.1 Å². The predicted molar refractivity (Wildman–Crippen MR) is 71.7 cm³/mol. The van der Waals surface area contributed by atoms with E-state index in [1.807, 2.05) is 39.0 Å². The molecule has 0 saturated carbocycles. The first kappa shape index (κ1) is 14.6. The lowest BCUT2D eigenvalue weighted by Gasteiger charge is -2.17. The summed E-state index contributed by atoms with van der Waals surface area (Å²) in [5.74, 6) is 0.599. The predicted octanol–water partition coefficient (Wildman–Crippen LogP) is 3.80. The minimum absolute atomic E-state index is 0.209. The molecule has 0 aliphatic carbocycles. The van der Waals surface area contributed by atoms with Gasteiger partial charge in [-0.1, -0.05) is 13.0 Å². The van der Waals surface area contributed by atoms with Crippen LogP contribution in [0.15, 0.2) is 18.2 Å². The van der Waals surface area contributed by atoms with Crippen LogP contribution in [-0.2, 0) is 9.53 Å². The van der Waals surface area contributed by atoms with Gasteiger partial charge in [0.05, 0.1) is 6.10 Å². The van der Waals surface area contributed by atoms with Crippen molar-refractivity contribution in [3.05, 3.63) is 29.3 Å². The van der Waals surface area contributed by atoms with Gasteiger partial charge in [-0.3, -0.25) is 4.79 Å². The van der Waals surface area contributed by atoms with E-state index in [2.05, 4.69) is 6.92 Å². The molecule has 3 nitrogen and oxygen atoms in total. The Morgan fingerprint density at radius 3 is 2.50 bits per heavy atom. The van der Waals surface area contributed by atoms with Crippen molar-refractivity contribution in [2.45, 2.75) is 53.2 Å². The SMILES string of the molecule is CCC(C)Oc1ccc(C(C)OC(C)=O)c(C)c1. The van der Waals surface area contributed by atoms with Crippen LogP contribution in [0, 0.1) is 6.92 Å². The highest BCUT2D eigenvalue weighted by molar-refractivity contribution is 5.66. The third-order valence-electron chi connectivity index (χ3n) is 2.93. The minimum atomic E-state index is -0.262. The molecule has 0 N–H and O–H groups in total. The van der Waals surface area contributed by atoms with Crippen molar-refractivity contribution in [1.29, 1.82) is 0 Å². The molecule has 0 spiro atoms. The third-order valence-corrected chi connectivity index (χ3v) is 2.93. The number of ether oxygens (including phenoxy) is 2. The lowest BCUT2D eigenvalue weighted by atomic mass is 10.0. The van der Waals surface area contributed by atoms with Crippen molar-refractivity contribution < 1.29 is 14.3 Å². The molecule has 0 aromatic heterocycles. The lowest BCUT2D eigenvalue weighted by Crippen LogP contribution is -2.10. The van der Waals surface area contributed by atoms with Crippen LogP contribution < -0.4 is 4.74 Å². The number of esters is 1. The van der Waals surface area contributed by atoms with Crippen molar-refractivity contribution >= 4 is 5.97 Å². The van der Waals surface area contributed by atoms with Gasteiger partial charge >= 0.3 is 5.97 Å². The Balaban J connectivity index is 2.82. The summed E-state index contributed by atoms with van der Waals surface area (Å²) in [7, 11) is 0. The van der Waals surface area contributed by atoms with Gasteiger partial charge in [-0.2, -0.15) is 0 Å². The molecule has 18 heavy (non-hydrogen) atoms. The van der Waals surface area contributed by atoms with Crippen LogP contribution in [0.2, 0.25) is 0 Å². The summed E-state index contributed by atoms with van der Waals surface area (Å²) < 4.78 is 10.9.